The molecule has 96 valence electrons. The minimum atomic E-state index is -0.558. The van der Waals surface area contributed by atoms with E-state index in [0.717, 1.165) is 30.1 Å². The zero-order chi connectivity index (χ0) is 12.1. The molecule has 1 aliphatic rings. The van der Waals surface area contributed by atoms with Crippen molar-refractivity contribution in [2.75, 3.05) is 18.1 Å². The van der Waals surface area contributed by atoms with Gasteiger partial charge in [-0.05, 0) is 36.5 Å². The standard InChI is InChI=1S/C12H19NO3S/c14-8-11-2-1-10(16-11)7-13-9-12(15)3-5-17-6-4-12/h1-2,13-15H,3-9H2. The van der Waals surface area contributed by atoms with Crippen molar-refractivity contribution in [2.24, 2.45) is 0 Å². The molecule has 17 heavy (non-hydrogen) atoms. The number of hydrogen-bond donors (Lipinski definition) is 3. The van der Waals surface area contributed by atoms with Gasteiger partial charge in [0.2, 0.25) is 0 Å². The first-order valence-electron chi connectivity index (χ1n) is 5.91. The Labute approximate surface area is 105 Å². The van der Waals surface area contributed by atoms with Crippen molar-refractivity contribution in [1.82, 2.24) is 5.32 Å². The molecule has 4 nitrogen and oxygen atoms in total. The number of thioether (sulfide) groups is 1. The topological polar surface area (TPSA) is 65.6 Å². The molecule has 0 amide bonds. The van der Waals surface area contributed by atoms with Crippen LogP contribution in [0.1, 0.15) is 24.4 Å². The van der Waals surface area contributed by atoms with Gasteiger partial charge in [0.05, 0.1) is 12.1 Å². The summed E-state index contributed by atoms with van der Waals surface area (Å²) < 4.78 is 5.36. The number of hydrogen-bond acceptors (Lipinski definition) is 5. The van der Waals surface area contributed by atoms with E-state index in [2.05, 4.69) is 5.32 Å². The van der Waals surface area contributed by atoms with Gasteiger partial charge in [-0.25, -0.2) is 0 Å². The highest BCUT2D eigenvalue weighted by atomic mass is 32.2. The van der Waals surface area contributed by atoms with Gasteiger partial charge in [-0.3, -0.25) is 0 Å². The summed E-state index contributed by atoms with van der Waals surface area (Å²) in [5, 5.41) is 22.3. The van der Waals surface area contributed by atoms with Gasteiger partial charge in [-0.2, -0.15) is 11.8 Å². The van der Waals surface area contributed by atoms with Crippen molar-refractivity contribution in [3.8, 4) is 0 Å². The van der Waals surface area contributed by atoms with Crippen LogP contribution in [-0.2, 0) is 13.2 Å². The third kappa shape index (κ3) is 3.74. The van der Waals surface area contributed by atoms with E-state index in [0.29, 0.717) is 18.8 Å². The second-order valence-corrected chi connectivity index (χ2v) is 5.69. The Bertz CT molecular complexity index is 347. The summed E-state index contributed by atoms with van der Waals surface area (Å²) in [6, 6.07) is 3.61. The molecule has 3 N–H and O–H groups in total. The minimum absolute atomic E-state index is 0.0683. The second kappa shape index (κ2) is 5.91. The van der Waals surface area contributed by atoms with Gasteiger partial charge < -0.3 is 19.9 Å². The molecule has 0 spiro atoms. The Hall–Kier alpha value is -0.490. The highest BCUT2D eigenvalue weighted by molar-refractivity contribution is 7.99. The molecule has 2 rings (SSSR count). The molecule has 1 aromatic heterocycles. The molecule has 0 aliphatic carbocycles. The van der Waals surface area contributed by atoms with Gasteiger partial charge in [0.15, 0.2) is 0 Å². The zero-order valence-electron chi connectivity index (χ0n) is 9.82. The monoisotopic (exact) mass is 257 g/mol. The smallest absolute Gasteiger partial charge is 0.129 e. The van der Waals surface area contributed by atoms with E-state index in [-0.39, 0.29) is 6.61 Å². The van der Waals surface area contributed by atoms with Gasteiger partial charge >= 0.3 is 0 Å². The maximum Gasteiger partial charge on any atom is 0.129 e. The Morgan fingerprint density at radius 3 is 2.65 bits per heavy atom. The van der Waals surface area contributed by atoms with Gasteiger partial charge in [-0.1, -0.05) is 0 Å². The molecule has 0 unspecified atom stereocenters. The van der Waals surface area contributed by atoms with Crippen molar-refractivity contribution in [1.29, 1.82) is 0 Å². The van der Waals surface area contributed by atoms with Gasteiger partial charge in [0.1, 0.15) is 18.1 Å². The van der Waals surface area contributed by atoms with Crippen molar-refractivity contribution in [3.63, 3.8) is 0 Å². The highest BCUT2D eigenvalue weighted by Gasteiger charge is 2.28. The summed E-state index contributed by atoms with van der Waals surface area (Å²) in [5.74, 6) is 3.44. The molecule has 1 aromatic rings. The van der Waals surface area contributed by atoms with Crippen LogP contribution in [-0.4, -0.2) is 33.9 Å². The van der Waals surface area contributed by atoms with E-state index >= 15 is 0 Å². The van der Waals surface area contributed by atoms with Crippen LogP contribution >= 0.6 is 11.8 Å². The van der Waals surface area contributed by atoms with Crippen LogP contribution in [0.5, 0.6) is 0 Å². The predicted octanol–water partition coefficient (Wildman–Crippen LogP) is 1.12. The van der Waals surface area contributed by atoms with Gasteiger partial charge in [0, 0.05) is 6.54 Å². The van der Waals surface area contributed by atoms with E-state index in [1.807, 2.05) is 17.8 Å². The lowest BCUT2D eigenvalue weighted by Crippen LogP contribution is -2.43. The largest absolute Gasteiger partial charge is 0.462 e. The molecular weight excluding hydrogens is 238 g/mol. The maximum atomic E-state index is 10.3. The fourth-order valence-corrected chi connectivity index (χ4v) is 3.20. The average Bonchev–Trinajstić information content (AvgIpc) is 2.78. The Morgan fingerprint density at radius 1 is 1.29 bits per heavy atom. The fraction of sp³-hybridized carbons (Fsp3) is 0.667. The van der Waals surface area contributed by atoms with Crippen molar-refractivity contribution in [2.45, 2.75) is 31.6 Å². The molecule has 5 heteroatoms. The fourth-order valence-electron chi connectivity index (χ4n) is 1.95. The predicted molar refractivity (Wildman–Crippen MR) is 67.8 cm³/mol. The highest BCUT2D eigenvalue weighted by Crippen LogP contribution is 2.26. The maximum absolute atomic E-state index is 10.3. The normalized spacial score (nSPS) is 19.4. The van der Waals surface area contributed by atoms with Crippen LogP contribution in [0.2, 0.25) is 0 Å². The first kappa shape index (κ1) is 13.0. The van der Waals surface area contributed by atoms with E-state index in [4.69, 9.17) is 9.52 Å². The molecule has 2 heterocycles. The van der Waals surface area contributed by atoms with Crippen LogP contribution in [0.4, 0.5) is 0 Å². The Balaban J connectivity index is 1.74. The van der Waals surface area contributed by atoms with Crippen molar-refractivity contribution >= 4 is 11.8 Å². The summed E-state index contributed by atoms with van der Waals surface area (Å²) in [5.41, 5.74) is -0.558. The molecule has 0 radical (unpaired) electrons. The lowest BCUT2D eigenvalue weighted by molar-refractivity contribution is 0.0316. The summed E-state index contributed by atoms with van der Waals surface area (Å²) in [6.45, 7) is 1.12. The Kier molecular flexibility index (Phi) is 4.50. The summed E-state index contributed by atoms with van der Waals surface area (Å²) in [7, 11) is 0. The molecule has 1 aliphatic heterocycles. The van der Waals surface area contributed by atoms with Gasteiger partial charge in [0.25, 0.3) is 0 Å². The molecule has 1 fully saturated rings. The molecule has 0 aromatic carbocycles. The van der Waals surface area contributed by atoms with E-state index in [1.165, 1.54) is 0 Å². The quantitative estimate of drug-likeness (QED) is 0.737. The first-order valence-corrected chi connectivity index (χ1v) is 7.07. The molecular formula is C12H19NO3S. The third-order valence-electron chi connectivity index (χ3n) is 3.05. The molecule has 0 atom stereocenters. The average molecular weight is 257 g/mol. The summed E-state index contributed by atoms with van der Waals surface area (Å²) in [4.78, 5) is 0. The number of rotatable bonds is 5. The SMILES string of the molecule is OCc1ccc(CNCC2(O)CCSCC2)o1. The molecule has 0 bridgehead atoms. The third-order valence-corrected chi connectivity index (χ3v) is 4.04. The first-order chi connectivity index (χ1) is 8.22. The summed E-state index contributed by atoms with van der Waals surface area (Å²) >= 11 is 1.90. The van der Waals surface area contributed by atoms with E-state index < -0.39 is 5.60 Å². The minimum Gasteiger partial charge on any atom is -0.462 e. The number of nitrogens with one attached hydrogen (secondary N) is 1. The number of aliphatic hydroxyl groups is 2. The second-order valence-electron chi connectivity index (χ2n) is 4.47. The summed E-state index contributed by atoms with van der Waals surface area (Å²) in [6.07, 6.45) is 1.70. The zero-order valence-corrected chi connectivity index (χ0v) is 10.6. The Morgan fingerprint density at radius 2 is 2.00 bits per heavy atom. The van der Waals surface area contributed by atoms with Crippen LogP contribution in [0.15, 0.2) is 16.5 Å². The van der Waals surface area contributed by atoms with Crippen molar-refractivity contribution in [3.05, 3.63) is 23.7 Å². The van der Waals surface area contributed by atoms with Crippen molar-refractivity contribution < 1.29 is 14.6 Å². The lowest BCUT2D eigenvalue weighted by atomic mass is 9.97. The van der Waals surface area contributed by atoms with Crippen LogP contribution in [0.25, 0.3) is 0 Å². The number of furan rings is 1. The van der Waals surface area contributed by atoms with E-state index in [1.54, 1.807) is 6.07 Å². The van der Waals surface area contributed by atoms with Crippen LogP contribution in [0, 0.1) is 0 Å². The van der Waals surface area contributed by atoms with Crippen LogP contribution in [0.3, 0.4) is 0 Å². The lowest BCUT2D eigenvalue weighted by Gasteiger charge is -2.31. The van der Waals surface area contributed by atoms with E-state index in [9.17, 15) is 5.11 Å². The molecule has 1 saturated heterocycles. The number of aliphatic hydroxyl groups excluding tert-OH is 1. The van der Waals surface area contributed by atoms with Crippen LogP contribution < -0.4 is 5.32 Å². The molecule has 0 saturated carbocycles. The van der Waals surface area contributed by atoms with Gasteiger partial charge in [-0.15, -0.1) is 0 Å².